The number of carbonyl (C=O) groups excluding carboxylic acids is 2. The minimum Gasteiger partial charge on any atom is -0.326 e. The van der Waals surface area contributed by atoms with Crippen molar-refractivity contribution in [3.05, 3.63) is 29.3 Å². The van der Waals surface area contributed by atoms with Crippen LogP contribution in [0.1, 0.15) is 37.3 Å². The van der Waals surface area contributed by atoms with E-state index in [4.69, 9.17) is 0 Å². The van der Waals surface area contributed by atoms with Gasteiger partial charge < -0.3 is 5.32 Å². The average Bonchev–Trinajstić information content (AvgIpc) is 2.99. The number of hydrazone groups is 1. The molecule has 1 saturated carbocycles. The fraction of sp³-hybridized carbons (Fsp3) is 0.471. The Labute approximate surface area is 129 Å². The smallest absolute Gasteiger partial charge is 0.243 e. The zero-order chi connectivity index (χ0) is 15.3. The Kier molecular flexibility index (Phi) is 3.03. The molecule has 3 unspecified atom stereocenters. The molecule has 1 aliphatic carbocycles. The van der Waals surface area contributed by atoms with E-state index >= 15 is 0 Å². The van der Waals surface area contributed by atoms with Crippen molar-refractivity contribution in [3.8, 4) is 0 Å². The van der Waals surface area contributed by atoms with Crippen LogP contribution in [0, 0.1) is 17.8 Å². The van der Waals surface area contributed by atoms with Crippen molar-refractivity contribution in [1.29, 1.82) is 0 Å². The summed E-state index contributed by atoms with van der Waals surface area (Å²) in [6.07, 6.45) is 3.82. The number of anilines is 1. The van der Waals surface area contributed by atoms with Crippen LogP contribution in [0.25, 0.3) is 0 Å². The monoisotopic (exact) mass is 297 g/mol. The van der Waals surface area contributed by atoms with E-state index in [9.17, 15) is 9.59 Å². The molecule has 2 N–H and O–H groups in total. The molecule has 0 radical (unpaired) electrons. The Balaban J connectivity index is 1.70. The molecule has 0 bridgehead atoms. The fourth-order valence-electron chi connectivity index (χ4n) is 3.88. The molecule has 0 aromatic heterocycles. The lowest BCUT2D eigenvalue weighted by molar-refractivity contribution is -0.126. The Morgan fingerprint density at radius 3 is 2.82 bits per heavy atom. The van der Waals surface area contributed by atoms with E-state index in [1.54, 1.807) is 0 Å². The van der Waals surface area contributed by atoms with Crippen LogP contribution in [0.4, 0.5) is 5.69 Å². The lowest BCUT2D eigenvalue weighted by Gasteiger charge is -2.27. The molecule has 5 heteroatoms. The van der Waals surface area contributed by atoms with Gasteiger partial charge in [-0.05, 0) is 42.5 Å². The van der Waals surface area contributed by atoms with E-state index in [2.05, 4.69) is 21.9 Å². The maximum absolute atomic E-state index is 11.9. The highest BCUT2D eigenvalue weighted by Gasteiger charge is 2.39. The van der Waals surface area contributed by atoms with Gasteiger partial charge in [-0.25, -0.2) is 5.43 Å². The maximum Gasteiger partial charge on any atom is 0.243 e. The summed E-state index contributed by atoms with van der Waals surface area (Å²) < 4.78 is 0. The predicted octanol–water partition coefficient (Wildman–Crippen LogP) is 2.07. The molecule has 5 nitrogen and oxygen atoms in total. The molecule has 2 heterocycles. The number of nitrogens with zero attached hydrogens (tertiary/aromatic N) is 1. The van der Waals surface area contributed by atoms with Crippen LogP contribution in [-0.2, 0) is 16.0 Å². The normalized spacial score (nSPS) is 30.0. The molecule has 1 fully saturated rings. The highest BCUT2D eigenvalue weighted by molar-refractivity contribution is 6.07. The second-order valence-corrected chi connectivity index (χ2v) is 6.58. The molecular weight excluding hydrogens is 278 g/mol. The predicted molar refractivity (Wildman–Crippen MR) is 83.5 cm³/mol. The van der Waals surface area contributed by atoms with Crippen LogP contribution in [0.3, 0.4) is 0 Å². The van der Waals surface area contributed by atoms with Crippen molar-refractivity contribution < 1.29 is 9.59 Å². The number of rotatable bonds is 1. The molecule has 3 aliphatic rings. The molecule has 1 aromatic rings. The topological polar surface area (TPSA) is 70.6 Å². The Bertz CT molecular complexity index is 695. The summed E-state index contributed by atoms with van der Waals surface area (Å²) in [5.74, 6) is 0.447. The second-order valence-electron chi connectivity index (χ2n) is 6.58. The Morgan fingerprint density at radius 2 is 1.95 bits per heavy atom. The first-order chi connectivity index (χ1) is 10.6. The molecule has 2 aliphatic heterocycles. The first-order valence-corrected chi connectivity index (χ1v) is 7.95. The van der Waals surface area contributed by atoms with Crippen LogP contribution in [-0.4, -0.2) is 17.5 Å². The Hall–Kier alpha value is -2.17. The molecule has 3 atom stereocenters. The van der Waals surface area contributed by atoms with E-state index < -0.39 is 0 Å². The van der Waals surface area contributed by atoms with Crippen LogP contribution in [0.2, 0.25) is 0 Å². The van der Waals surface area contributed by atoms with E-state index in [0.29, 0.717) is 0 Å². The number of benzene rings is 1. The fourth-order valence-corrected chi connectivity index (χ4v) is 3.88. The zero-order valence-electron chi connectivity index (χ0n) is 12.6. The minimum absolute atomic E-state index is 0.00465. The van der Waals surface area contributed by atoms with Crippen molar-refractivity contribution in [2.24, 2.45) is 22.9 Å². The summed E-state index contributed by atoms with van der Waals surface area (Å²) in [5.41, 5.74) is 6.79. The van der Waals surface area contributed by atoms with Crippen molar-refractivity contribution >= 4 is 23.2 Å². The van der Waals surface area contributed by atoms with E-state index in [1.807, 2.05) is 19.1 Å². The van der Waals surface area contributed by atoms with Crippen LogP contribution >= 0.6 is 0 Å². The van der Waals surface area contributed by atoms with Crippen LogP contribution in [0.15, 0.2) is 23.3 Å². The second kappa shape index (κ2) is 4.93. The third-order valence-corrected chi connectivity index (χ3v) is 5.12. The quantitative estimate of drug-likeness (QED) is 0.833. The van der Waals surface area contributed by atoms with Gasteiger partial charge >= 0.3 is 0 Å². The van der Waals surface area contributed by atoms with Gasteiger partial charge in [0.1, 0.15) is 0 Å². The standard InChI is InChI=1S/C17H19N3O2/c1-9-7-11-8-10(5-6-14(11)18-16(9)21)15-12-3-2-4-13(12)17(22)20-19-15/h5-6,8-9,12-13H,2-4,7H2,1H3,(H,18,21)(H,20,22). The number of hydrogen-bond donors (Lipinski definition) is 2. The summed E-state index contributed by atoms with van der Waals surface area (Å²) in [5, 5.41) is 7.28. The summed E-state index contributed by atoms with van der Waals surface area (Å²) in [6, 6.07) is 6.08. The highest BCUT2D eigenvalue weighted by Crippen LogP contribution is 2.37. The van der Waals surface area contributed by atoms with Gasteiger partial charge in [-0.15, -0.1) is 0 Å². The molecular formula is C17H19N3O2. The minimum atomic E-state index is -0.00465. The molecule has 114 valence electrons. The molecule has 22 heavy (non-hydrogen) atoms. The van der Waals surface area contributed by atoms with E-state index in [0.717, 1.165) is 48.2 Å². The van der Waals surface area contributed by atoms with Gasteiger partial charge in [0, 0.05) is 23.4 Å². The molecule has 1 aromatic carbocycles. The first kappa shape index (κ1) is 13.5. The van der Waals surface area contributed by atoms with Crippen molar-refractivity contribution in [2.45, 2.75) is 32.6 Å². The van der Waals surface area contributed by atoms with Crippen molar-refractivity contribution in [1.82, 2.24) is 5.43 Å². The number of carbonyl (C=O) groups is 2. The number of nitrogens with one attached hydrogen (secondary N) is 2. The van der Waals surface area contributed by atoms with Gasteiger partial charge in [0.15, 0.2) is 0 Å². The third kappa shape index (κ3) is 2.03. The van der Waals surface area contributed by atoms with Gasteiger partial charge in [0.05, 0.1) is 5.71 Å². The number of amides is 2. The lowest BCUT2D eigenvalue weighted by atomic mass is 9.84. The largest absolute Gasteiger partial charge is 0.326 e. The van der Waals surface area contributed by atoms with E-state index in [-0.39, 0.29) is 29.6 Å². The van der Waals surface area contributed by atoms with Gasteiger partial charge in [0.25, 0.3) is 0 Å². The summed E-state index contributed by atoms with van der Waals surface area (Å²) >= 11 is 0. The van der Waals surface area contributed by atoms with Crippen LogP contribution in [0.5, 0.6) is 0 Å². The van der Waals surface area contributed by atoms with Crippen molar-refractivity contribution in [2.75, 3.05) is 5.32 Å². The molecule has 0 saturated heterocycles. The first-order valence-electron chi connectivity index (χ1n) is 7.95. The average molecular weight is 297 g/mol. The van der Waals surface area contributed by atoms with Crippen molar-refractivity contribution in [3.63, 3.8) is 0 Å². The van der Waals surface area contributed by atoms with E-state index in [1.165, 1.54) is 0 Å². The number of fused-ring (bicyclic) bond motifs is 2. The third-order valence-electron chi connectivity index (χ3n) is 5.12. The van der Waals surface area contributed by atoms with Gasteiger partial charge in [0.2, 0.25) is 11.8 Å². The van der Waals surface area contributed by atoms with Gasteiger partial charge in [-0.2, -0.15) is 5.10 Å². The molecule has 4 rings (SSSR count). The summed E-state index contributed by atoms with van der Waals surface area (Å²) in [6.45, 7) is 1.94. The SMILES string of the molecule is CC1Cc2cc(C3=NNC(=O)C4CCCC34)ccc2NC1=O. The lowest BCUT2D eigenvalue weighted by Crippen LogP contribution is -2.39. The highest BCUT2D eigenvalue weighted by atomic mass is 16.2. The Morgan fingerprint density at radius 1 is 1.14 bits per heavy atom. The van der Waals surface area contributed by atoms with Gasteiger partial charge in [-0.1, -0.05) is 19.4 Å². The maximum atomic E-state index is 11.9. The molecule has 2 amide bonds. The zero-order valence-corrected chi connectivity index (χ0v) is 12.6. The summed E-state index contributed by atoms with van der Waals surface area (Å²) in [7, 11) is 0. The van der Waals surface area contributed by atoms with Crippen LogP contribution < -0.4 is 10.7 Å². The van der Waals surface area contributed by atoms with Gasteiger partial charge in [-0.3, -0.25) is 9.59 Å². The number of hydrogen-bond acceptors (Lipinski definition) is 3. The summed E-state index contributed by atoms with van der Waals surface area (Å²) in [4.78, 5) is 23.6. The molecule has 0 spiro atoms.